The number of benzene rings is 1. The molecule has 1 heterocycles. The van der Waals surface area contributed by atoms with Gasteiger partial charge in [-0.3, -0.25) is 4.79 Å². The number of hydrogen-bond acceptors (Lipinski definition) is 4. The molecule has 2 rings (SSSR count). The second-order valence-electron chi connectivity index (χ2n) is 5.16. The molecule has 0 aliphatic carbocycles. The summed E-state index contributed by atoms with van der Waals surface area (Å²) in [4.78, 5) is 18.5. The molecule has 0 N–H and O–H groups in total. The highest BCUT2D eigenvalue weighted by molar-refractivity contribution is 7.17. The molecule has 0 saturated carbocycles. The monoisotopic (exact) mass is 306 g/mol. The number of thiazole rings is 1. The zero-order valence-electron chi connectivity index (χ0n) is 12.5. The van der Waals surface area contributed by atoms with Crippen LogP contribution < -0.4 is 4.90 Å². The van der Waals surface area contributed by atoms with Gasteiger partial charge >= 0.3 is 0 Å². The highest BCUT2D eigenvalue weighted by Crippen LogP contribution is 2.31. The third-order valence-corrected chi connectivity index (χ3v) is 4.63. The number of hydrogen-bond donors (Lipinski definition) is 0. The Labute approximate surface area is 128 Å². The predicted molar refractivity (Wildman–Crippen MR) is 84.7 cm³/mol. The van der Waals surface area contributed by atoms with Crippen LogP contribution in [0.4, 0.5) is 9.52 Å². The predicted octanol–water partition coefficient (Wildman–Crippen LogP) is 4.24. The van der Waals surface area contributed by atoms with E-state index in [1.165, 1.54) is 23.5 Å². The van der Waals surface area contributed by atoms with E-state index in [9.17, 15) is 9.18 Å². The summed E-state index contributed by atoms with van der Waals surface area (Å²) in [7, 11) is 1.93. The van der Waals surface area contributed by atoms with Crippen LogP contribution in [0.15, 0.2) is 24.3 Å². The second-order valence-corrected chi connectivity index (χ2v) is 6.16. The van der Waals surface area contributed by atoms with Crippen molar-refractivity contribution in [3.05, 3.63) is 46.2 Å². The lowest BCUT2D eigenvalue weighted by Gasteiger charge is -2.15. The quantitative estimate of drug-likeness (QED) is 0.748. The number of halogens is 1. The topological polar surface area (TPSA) is 33.2 Å². The first kappa shape index (κ1) is 15.6. The molecule has 0 aliphatic rings. The minimum absolute atomic E-state index is 0.238. The molecule has 1 unspecified atom stereocenters. The smallest absolute Gasteiger partial charge is 0.186 e. The van der Waals surface area contributed by atoms with Crippen LogP contribution >= 0.6 is 11.3 Å². The second kappa shape index (κ2) is 6.80. The highest BCUT2D eigenvalue weighted by atomic mass is 32.1. The Kier molecular flexibility index (Phi) is 5.07. The molecule has 1 aromatic carbocycles. The molecule has 1 atom stereocenters. The average Bonchev–Trinajstić information content (AvgIpc) is 2.93. The van der Waals surface area contributed by atoms with Gasteiger partial charge in [0.15, 0.2) is 11.4 Å². The largest absolute Gasteiger partial charge is 0.347 e. The zero-order chi connectivity index (χ0) is 15.4. The maximum atomic E-state index is 12.9. The molecule has 0 amide bonds. The summed E-state index contributed by atoms with van der Waals surface area (Å²) < 4.78 is 12.9. The molecule has 2 aromatic rings. The van der Waals surface area contributed by atoms with E-state index >= 15 is 0 Å². The van der Waals surface area contributed by atoms with Crippen LogP contribution in [-0.2, 0) is 6.54 Å². The van der Waals surface area contributed by atoms with Crippen molar-refractivity contribution in [2.45, 2.75) is 32.7 Å². The van der Waals surface area contributed by atoms with E-state index in [4.69, 9.17) is 0 Å². The third-order valence-electron chi connectivity index (χ3n) is 3.52. The zero-order valence-corrected chi connectivity index (χ0v) is 13.3. The summed E-state index contributed by atoms with van der Waals surface area (Å²) in [5, 5.41) is 0.816. The summed E-state index contributed by atoms with van der Waals surface area (Å²) in [6.07, 6.45) is 1.83. The van der Waals surface area contributed by atoms with Crippen molar-refractivity contribution in [2.24, 2.45) is 0 Å². The van der Waals surface area contributed by atoms with E-state index in [2.05, 4.69) is 18.8 Å². The third kappa shape index (κ3) is 3.67. The van der Waals surface area contributed by atoms with Gasteiger partial charge < -0.3 is 4.90 Å². The summed E-state index contributed by atoms with van der Waals surface area (Å²) >= 11 is 1.41. The standard InChI is InChI=1S/C16H19FN2OS/c1-4-11(2)15-14(10-20)21-16(18-15)19(3)9-12-5-7-13(17)8-6-12/h5-8,10-11H,4,9H2,1-3H3. The Hall–Kier alpha value is -1.75. The van der Waals surface area contributed by atoms with E-state index in [1.54, 1.807) is 12.1 Å². The molecule has 0 spiro atoms. The van der Waals surface area contributed by atoms with Gasteiger partial charge in [-0.2, -0.15) is 0 Å². The number of nitrogens with zero attached hydrogens (tertiary/aromatic N) is 2. The van der Waals surface area contributed by atoms with Crippen molar-refractivity contribution in [3.8, 4) is 0 Å². The van der Waals surface area contributed by atoms with E-state index in [0.29, 0.717) is 11.4 Å². The molecule has 0 bridgehead atoms. The lowest BCUT2D eigenvalue weighted by molar-refractivity contribution is 0.112. The van der Waals surface area contributed by atoms with Crippen LogP contribution in [-0.4, -0.2) is 18.3 Å². The van der Waals surface area contributed by atoms with Gasteiger partial charge in [0.2, 0.25) is 0 Å². The van der Waals surface area contributed by atoms with Crippen LogP contribution in [0.1, 0.15) is 47.1 Å². The van der Waals surface area contributed by atoms with Crippen molar-refractivity contribution in [1.29, 1.82) is 0 Å². The van der Waals surface area contributed by atoms with Crippen molar-refractivity contribution in [2.75, 3.05) is 11.9 Å². The molecule has 1 aromatic heterocycles. The Morgan fingerprint density at radius 3 is 2.62 bits per heavy atom. The van der Waals surface area contributed by atoms with Crippen molar-refractivity contribution >= 4 is 22.8 Å². The molecule has 0 saturated heterocycles. The van der Waals surface area contributed by atoms with E-state index in [-0.39, 0.29) is 11.7 Å². The van der Waals surface area contributed by atoms with Gasteiger partial charge in [-0.05, 0) is 30.0 Å². The summed E-state index contributed by atoms with van der Waals surface area (Å²) in [5.41, 5.74) is 1.88. The van der Waals surface area contributed by atoms with Gasteiger partial charge in [0.25, 0.3) is 0 Å². The maximum absolute atomic E-state index is 12.9. The molecule has 112 valence electrons. The van der Waals surface area contributed by atoms with Crippen molar-refractivity contribution in [3.63, 3.8) is 0 Å². The number of carbonyl (C=O) groups excluding carboxylic acids is 1. The number of rotatable bonds is 6. The first-order valence-electron chi connectivity index (χ1n) is 6.96. The Bertz CT molecular complexity index is 609. The molecular formula is C16H19FN2OS. The fourth-order valence-electron chi connectivity index (χ4n) is 2.06. The van der Waals surface area contributed by atoms with Crippen LogP contribution in [0.25, 0.3) is 0 Å². The fourth-order valence-corrected chi connectivity index (χ4v) is 3.02. The average molecular weight is 306 g/mol. The van der Waals surface area contributed by atoms with Gasteiger partial charge in [0.05, 0.1) is 10.6 Å². The van der Waals surface area contributed by atoms with Gasteiger partial charge in [0, 0.05) is 13.6 Å². The molecule has 0 radical (unpaired) electrons. The fraction of sp³-hybridized carbons (Fsp3) is 0.375. The lowest BCUT2D eigenvalue weighted by atomic mass is 10.0. The molecule has 5 heteroatoms. The van der Waals surface area contributed by atoms with Crippen LogP contribution in [0.2, 0.25) is 0 Å². The number of carbonyl (C=O) groups is 1. The Morgan fingerprint density at radius 2 is 2.05 bits per heavy atom. The van der Waals surface area contributed by atoms with Crippen LogP contribution in [0.3, 0.4) is 0 Å². The Balaban J connectivity index is 2.19. The molecular weight excluding hydrogens is 287 g/mol. The Morgan fingerprint density at radius 1 is 1.38 bits per heavy atom. The SMILES string of the molecule is CCC(C)c1nc(N(C)Cc2ccc(F)cc2)sc1C=O. The number of aromatic nitrogens is 1. The van der Waals surface area contributed by atoms with E-state index in [0.717, 1.165) is 29.1 Å². The first-order chi connectivity index (χ1) is 10.0. The van der Waals surface area contributed by atoms with Crippen LogP contribution in [0, 0.1) is 5.82 Å². The van der Waals surface area contributed by atoms with Gasteiger partial charge in [-0.1, -0.05) is 37.3 Å². The molecule has 3 nitrogen and oxygen atoms in total. The van der Waals surface area contributed by atoms with Crippen LogP contribution in [0.5, 0.6) is 0 Å². The minimum atomic E-state index is -0.238. The molecule has 21 heavy (non-hydrogen) atoms. The normalized spacial score (nSPS) is 12.2. The first-order valence-corrected chi connectivity index (χ1v) is 7.78. The van der Waals surface area contributed by atoms with Gasteiger partial charge in [0.1, 0.15) is 5.82 Å². The number of aldehydes is 1. The summed E-state index contributed by atoms with van der Waals surface area (Å²) in [6.45, 7) is 4.79. The summed E-state index contributed by atoms with van der Waals surface area (Å²) in [6, 6.07) is 6.42. The van der Waals surface area contributed by atoms with E-state index < -0.39 is 0 Å². The minimum Gasteiger partial charge on any atom is -0.347 e. The summed E-state index contributed by atoms with van der Waals surface area (Å²) in [5.74, 6) is 0.0346. The van der Waals surface area contributed by atoms with E-state index in [1.807, 2.05) is 11.9 Å². The van der Waals surface area contributed by atoms with Crippen molar-refractivity contribution < 1.29 is 9.18 Å². The molecule has 0 aliphatic heterocycles. The van der Waals surface area contributed by atoms with Gasteiger partial charge in [-0.15, -0.1) is 0 Å². The maximum Gasteiger partial charge on any atom is 0.186 e. The van der Waals surface area contributed by atoms with Crippen molar-refractivity contribution in [1.82, 2.24) is 4.98 Å². The number of anilines is 1. The highest BCUT2D eigenvalue weighted by Gasteiger charge is 2.17. The molecule has 0 fully saturated rings. The lowest BCUT2D eigenvalue weighted by Crippen LogP contribution is -2.16. The van der Waals surface area contributed by atoms with Gasteiger partial charge in [-0.25, -0.2) is 9.37 Å².